The molecule has 24 heavy (non-hydrogen) atoms. The second-order valence-corrected chi connectivity index (χ2v) is 12.6. The smallest absolute Gasteiger partial charge is 0.261 e. The van der Waals surface area contributed by atoms with Crippen LogP contribution in [-0.2, 0) is 4.43 Å². The lowest BCUT2D eigenvalue weighted by molar-refractivity contribution is 0.288. The van der Waals surface area contributed by atoms with E-state index in [-0.39, 0.29) is 5.04 Å². The molecular formula is C21H29IOSi. The lowest BCUT2D eigenvalue weighted by Gasteiger charge is -2.43. The molecule has 2 aromatic carbocycles. The second-order valence-electron chi connectivity index (χ2n) is 7.26. The number of benzene rings is 2. The number of unbranched alkanes of at least 4 members (excludes halogenated alkanes) is 2. The van der Waals surface area contributed by atoms with Crippen LogP contribution in [0.1, 0.15) is 40.0 Å². The van der Waals surface area contributed by atoms with Crippen LogP contribution < -0.4 is 10.4 Å². The molecule has 0 unspecified atom stereocenters. The molecule has 0 N–H and O–H groups in total. The number of halogens is 1. The van der Waals surface area contributed by atoms with Gasteiger partial charge in [-0.15, -0.1) is 0 Å². The van der Waals surface area contributed by atoms with Crippen LogP contribution in [-0.4, -0.2) is 19.4 Å². The molecule has 3 heteroatoms. The molecule has 0 aliphatic rings. The van der Waals surface area contributed by atoms with Crippen molar-refractivity contribution in [2.75, 3.05) is 11.0 Å². The van der Waals surface area contributed by atoms with E-state index in [0.29, 0.717) is 0 Å². The van der Waals surface area contributed by atoms with E-state index in [1.165, 1.54) is 27.6 Å². The molecule has 0 saturated carbocycles. The van der Waals surface area contributed by atoms with Crippen molar-refractivity contribution in [3.8, 4) is 0 Å². The van der Waals surface area contributed by atoms with E-state index < -0.39 is 8.32 Å². The maximum Gasteiger partial charge on any atom is 0.261 e. The highest BCUT2D eigenvalue weighted by atomic mass is 127. The zero-order valence-electron chi connectivity index (χ0n) is 15.1. The SMILES string of the molecule is CC(C)(C)[Si](OCCCCCI)(c1ccccc1)c1ccccc1. The zero-order chi connectivity index (χ0) is 17.5. The highest BCUT2D eigenvalue weighted by Crippen LogP contribution is 2.36. The van der Waals surface area contributed by atoms with Crippen LogP contribution >= 0.6 is 22.6 Å². The minimum Gasteiger partial charge on any atom is -0.407 e. The first kappa shape index (κ1) is 19.7. The van der Waals surface area contributed by atoms with Crippen molar-refractivity contribution in [3.63, 3.8) is 0 Å². The minimum absolute atomic E-state index is 0.0823. The van der Waals surface area contributed by atoms with Gasteiger partial charge in [-0.05, 0) is 32.7 Å². The zero-order valence-corrected chi connectivity index (χ0v) is 18.3. The van der Waals surface area contributed by atoms with Gasteiger partial charge in [-0.25, -0.2) is 0 Å². The first-order chi connectivity index (χ1) is 11.5. The molecule has 0 spiro atoms. The van der Waals surface area contributed by atoms with E-state index in [1.807, 2.05) is 0 Å². The lowest BCUT2D eigenvalue weighted by atomic mass is 10.2. The average molecular weight is 452 g/mol. The third kappa shape index (κ3) is 4.49. The fraction of sp³-hybridized carbons (Fsp3) is 0.429. The number of hydrogen-bond acceptors (Lipinski definition) is 1. The fourth-order valence-corrected chi connectivity index (χ4v) is 8.51. The van der Waals surface area contributed by atoms with Gasteiger partial charge in [0.25, 0.3) is 8.32 Å². The largest absolute Gasteiger partial charge is 0.407 e. The van der Waals surface area contributed by atoms with Crippen LogP contribution in [0.2, 0.25) is 5.04 Å². The molecule has 0 saturated heterocycles. The quantitative estimate of drug-likeness (QED) is 0.233. The third-order valence-electron chi connectivity index (χ3n) is 4.51. The van der Waals surface area contributed by atoms with Gasteiger partial charge in [0.15, 0.2) is 0 Å². The summed E-state index contributed by atoms with van der Waals surface area (Å²) in [4.78, 5) is 0. The summed E-state index contributed by atoms with van der Waals surface area (Å²) in [6.07, 6.45) is 3.68. The Kier molecular flexibility index (Phi) is 7.50. The summed E-state index contributed by atoms with van der Waals surface area (Å²) in [6, 6.07) is 21.8. The Morgan fingerprint density at radius 2 is 1.29 bits per heavy atom. The summed E-state index contributed by atoms with van der Waals surface area (Å²) in [6.45, 7) is 7.86. The van der Waals surface area contributed by atoms with Crippen LogP contribution in [0.15, 0.2) is 60.7 Å². The van der Waals surface area contributed by atoms with Crippen LogP contribution in [0.5, 0.6) is 0 Å². The fourth-order valence-electron chi connectivity index (χ4n) is 3.36. The number of rotatable bonds is 8. The second kappa shape index (κ2) is 9.16. The predicted molar refractivity (Wildman–Crippen MR) is 116 cm³/mol. The van der Waals surface area contributed by atoms with Crippen LogP contribution in [0.3, 0.4) is 0 Å². The molecule has 2 aromatic rings. The molecule has 0 heterocycles. The molecule has 0 bridgehead atoms. The van der Waals surface area contributed by atoms with E-state index in [4.69, 9.17) is 4.43 Å². The van der Waals surface area contributed by atoms with Gasteiger partial charge < -0.3 is 4.43 Å². The Morgan fingerprint density at radius 3 is 1.71 bits per heavy atom. The number of hydrogen-bond donors (Lipinski definition) is 0. The van der Waals surface area contributed by atoms with Crippen LogP contribution in [0.25, 0.3) is 0 Å². The van der Waals surface area contributed by atoms with Gasteiger partial charge in [-0.3, -0.25) is 0 Å². The molecule has 0 aromatic heterocycles. The monoisotopic (exact) mass is 452 g/mol. The molecule has 2 rings (SSSR count). The molecule has 130 valence electrons. The highest BCUT2D eigenvalue weighted by molar-refractivity contribution is 14.1. The van der Waals surface area contributed by atoms with Crippen molar-refractivity contribution in [2.45, 2.75) is 45.1 Å². The maximum absolute atomic E-state index is 6.85. The summed E-state index contributed by atoms with van der Waals surface area (Å²) in [7, 11) is -2.31. The first-order valence-electron chi connectivity index (χ1n) is 8.83. The summed E-state index contributed by atoms with van der Waals surface area (Å²) in [5, 5.41) is 2.83. The van der Waals surface area contributed by atoms with E-state index in [1.54, 1.807) is 0 Å². The van der Waals surface area contributed by atoms with E-state index in [9.17, 15) is 0 Å². The molecule has 0 atom stereocenters. The van der Waals surface area contributed by atoms with Crippen molar-refractivity contribution in [2.24, 2.45) is 0 Å². The van der Waals surface area contributed by atoms with Crippen molar-refractivity contribution in [3.05, 3.63) is 60.7 Å². The van der Waals surface area contributed by atoms with Gasteiger partial charge in [-0.1, -0.05) is 110 Å². The average Bonchev–Trinajstić information content (AvgIpc) is 2.59. The maximum atomic E-state index is 6.85. The van der Waals surface area contributed by atoms with Crippen molar-refractivity contribution in [1.82, 2.24) is 0 Å². The van der Waals surface area contributed by atoms with E-state index in [0.717, 1.165) is 13.0 Å². The normalized spacial score (nSPS) is 12.3. The van der Waals surface area contributed by atoms with Gasteiger partial charge in [0.05, 0.1) is 0 Å². The van der Waals surface area contributed by atoms with E-state index >= 15 is 0 Å². The topological polar surface area (TPSA) is 9.23 Å². The highest BCUT2D eigenvalue weighted by Gasteiger charge is 2.49. The summed E-state index contributed by atoms with van der Waals surface area (Å²) >= 11 is 2.45. The Balaban J connectivity index is 2.42. The molecule has 1 nitrogen and oxygen atoms in total. The lowest BCUT2D eigenvalue weighted by Crippen LogP contribution is -2.66. The molecule has 0 aliphatic carbocycles. The van der Waals surface area contributed by atoms with Gasteiger partial charge in [0.2, 0.25) is 0 Å². The summed E-state index contributed by atoms with van der Waals surface area (Å²) in [5.41, 5.74) is 0. The Bertz CT molecular complexity index is 553. The summed E-state index contributed by atoms with van der Waals surface area (Å²) in [5.74, 6) is 0. The van der Waals surface area contributed by atoms with Crippen molar-refractivity contribution in [1.29, 1.82) is 0 Å². The first-order valence-corrected chi connectivity index (χ1v) is 12.3. The van der Waals surface area contributed by atoms with Gasteiger partial charge in [0.1, 0.15) is 0 Å². The Morgan fingerprint density at radius 1 is 0.792 bits per heavy atom. The predicted octanol–water partition coefficient (Wildman–Crippen LogP) is 5.17. The third-order valence-corrected chi connectivity index (χ3v) is 10.3. The molecular weight excluding hydrogens is 423 g/mol. The summed E-state index contributed by atoms with van der Waals surface area (Å²) < 4.78 is 8.08. The van der Waals surface area contributed by atoms with Crippen molar-refractivity contribution >= 4 is 41.3 Å². The van der Waals surface area contributed by atoms with Crippen LogP contribution in [0.4, 0.5) is 0 Å². The Labute approximate surface area is 162 Å². The number of alkyl halides is 1. The molecule has 0 fully saturated rings. The van der Waals surface area contributed by atoms with Crippen molar-refractivity contribution < 1.29 is 4.43 Å². The standard InChI is InChI=1S/C21H29IOSi/c1-21(2,3)24(19-13-7-4-8-14-19,20-15-9-5-10-16-20)23-18-12-6-11-17-22/h4-5,7-10,13-16H,6,11-12,17-18H2,1-3H3. The molecule has 0 radical (unpaired) electrons. The van der Waals surface area contributed by atoms with E-state index in [2.05, 4.69) is 104 Å². The molecule has 0 aliphatic heterocycles. The minimum atomic E-state index is -2.31. The van der Waals surface area contributed by atoms with Gasteiger partial charge in [-0.2, -0.15) is 0 Å². The van der Waals surface area contributed by atoms with Gasteiger partial charge >= 0.3 is 0 Å². The Hall–Kier alpha value is -0.653. The molecule has 0 amide bonds. The van der Waals surface area contributed by atoms with Gasteiger partial charge in [0, 0.05) is 6.61 Å². The van der Waals surface area contributed by atoms with Crippen LogP contribution in [0, 0.1) is 0 Å².